The Labute approximate surface area is 397 Å². The molecule has 0 fully saturated rings. The number of nitrogen functional groups attached to an aromatic ring is 1. The van der Waals surface area contributed by atoms with Crippen LogP contribution in [0, 0.1) is 0 Å². The van der Waals surface area contributed by atoms with Crippen LogP contribution >= 0.6 is 11.3 Å². The molecule has 10 heteroatoms. The summed E-state index contributed by atoms with van der Waals surface area (Å²) in [6.45, 7) is 4.07. The molecule has 0 aliphatic heterocycles. The van der Waals surface area contributed by atoms with Crippen LogP contribution in [0.2, 0.25) is 0 Å². The van der Waals surface area contributed by atoms with Gasteiger partial charge >= 0.3 is 0 Å². The van der Waals surface area contributed by atoms with Crippen molar-refractivity contribution < 1.29 is 0 Å². The summed E-state index contributed by atoms with van der Waals surface area (Å²) >= 11 is 1.77. The highest BCUT2D eigenvalue weighted by atomic mass is 32.1. The Balaban J connectivity index is 0.000000183. The van der Waals surface area contributed by atoms with Crippen molar-refractivity contribution in [2.24, 2.45) is 34.4 Å². The van der Waals surface area contributed by atoms with Gasteiger partial charge in [-0.2, -0.15) is 0 Å². The maximum Gasteiger partial charge on any atom is 0.0416 e. The van der Waals surface area contributed by atoms with Gasteiger partial charge in [-0.15, -0.1) is 11.3 Å². The number of thiophene rings is 1. The standard InChI is InChI=1S/C20H19N.C9H14N2.2C7H10N2.C7H9N.C6H9NS/c21-13-2-1-4-14-7-8-17-10-9-15-5-3-6-16-11-12-18(14)20(17)19(15)16;1-11(2)9-5-3-8(7-10)4-6-9;8-5-6-1-3-7(9)4-2-6;8-5-4-7-3-1-2-6-9-7;8-6-7-4-2-1-3-5-7;7-4-3-6-2-1-5-8-6/h3,5-12H,1-2,4,13,21H2;3-6H,7,10H2,1-2H3;1-4H,5,8-9H2;1-3,6H,4-5,8H2;1-5H,6,8H2;1-2,5H,3-4,7H2. The molecule has 0 bridgehead atoms. The van der Waals surface area contributed by atoms with E-state index in [0.717, 1.165) is 55.7 Å². The summed E-state index contributed by atoms with van der Waals surface area (Å²) in [6, 6.07) is 56.0. The average molecular weight is 902 g/mol. The summed E-state index contributed by atoms with van der Waals surface area (Å²) in [7, 11) is 4.05. The van der Waals surface area contributed by atoms with Crippen LogP contribution in [0.15, 0.2) is 175 Å². The van der Waals surface area contributed by atoms with Gasteiger partial charge in [0.1, 0.15) is 0 Å². The van der Waals surface area contributed by atoms with Crippen LogP contribution in [-0.2, 0) is 38.9 Å². The maximum absolute atomic E-state index is 5.62. The molecule has 0 spiro atoms. The molecule has 0 amide bonds. The zero-order valence-electron chi connectivity index (χ0n) is 38.9. The molecule has 0 saturated heterocycles. The van der Waals surface area contributed by atoms with Crippen LogP contribution in [0.3, 0.4) is 0 Å². The predicted molar refractivity (Wildman–Crippen MR) is 288 cm³/mol. The maximum atomic E-state index is 5.62. The molecule has 9 aromatic rings. The Kier molecular flexibility index (Phi) is 23.9. The molecule has 2 aromatic heterocycles. The molecule has 7 aromatic carbocycles. The smallest absolute Gasteiger partial charge is 0.0416 e. The minimum atomic E-state index is 0.584. The fraction of sp³-hybridized carbons (Fsp3) is 0.232. The Hall–Kier alpha value is -6.21. The van der Waals surface area contributed by atoms with Crippen molar-refractivity contribution in [2.75, 3.05) is 44.4 Å². The highest BCUT2D eigenvalue weighted by Gasteiger charge is 2.10. The monoisotopic (exact) mass is 902 g/mol. The van der Waals surface area contributed by atoms with E-state index < -0.39 is 0 Å². The van der Waals surface area contributed by atoms with Gasteiger partial charge in [0.15, 0.2) is 0 Å². The molecule has 0 atom stereocenters. The lowest BCUT2D eigenvalue weighted by atomic mass is 9.90. The van der Waals surface area contributed by atoms with Gasteiger partial charge in [0, 0.05) is 68.3 Å². The van der Waals surface area contributed by atoms with Crippen molar-refractivity contribution in [1.29, 1.82) is 0 Å². The number of pyridine rings is 1. The van der Waals surface area contributed by atoms with E-state index in [1.54, 1.807) is 17.5 Å². The van der Waals surface area contributed by atoms with Crippen molar-refractivity contribution in [2.45, 2.75) is 51.7 Å². The first-order valence-corrected chi connectivity index (χ1v) is 23.6. The first kappa shape index (κ1) is 52.4. The van der Waals surface area contributed by atoms with Gasteiger partial charge in [-0.25, -0.2) is 0 Å². The van der Waals surface area contributed by atoms with Crippen molar-refractivity contribution in [3.63, 3.8) is 0 Å². The van der Waals surface area contributed by atoms with Gasteiger partial charge in [-0.05, 0) is 148 Å². The van der Waals surface area contributed by atoms with Crippen molar-refractivity contribution in [3.05, 3.63) is 208 Å². The Morgan fingerprint density at radius 1 is 0.470 bits per heavy atom. The normalized spacial score (nSPS) is 10.2. The highest BCUT2D eigenvalue weighted by molar-refractivity contribution is 7.09. The molecule has 0 aliphatic carbocycles. The number of nitrogens with zero attached hydrogens (tertiary/aromatic N) is 2. The van der Waals surface area contributed by atoms with E-state index >= 15 is 0 Å². The van der Waals surface area contributed by atoms with E-state index in [0.29, 0.717) is 26.2 Å². The van der Waals surface area contributed by atoms with Crippen molar-refractivity contribution in [1.82, 2.24) is 4.98 Å². The minimum absolute atomic E-state index is 0.584. The second-order valence-corrected chi connectivity index (χ2v) is 16.7. The van der Waals surface area contributed by atoms with Gasteiger partial charge in [0.25, 0.3) is 0 Å². The third kappa shape index (κ3) is 17.6. The Morgan fingerprint density at radius 2 is 1.05 bits per heavy atom. The third-order valence-electron chi connectivity index (χ3n) is 10.6. The Morgan fingerprint density at radius 3 is 1.58 bits per heavy atom. The molecule has 0 radical (unpaired) electrons. The highest BCUT2D eigenvalue weighted by Crippen LogP contribution is 2.36. The summed E-state index contributed by atoms with van der Waals surface area (Å²) in [5, 5.41) is 10.3. The van der Waals surface area contributed by atoms with E-state index in [9.17, 15) is 0 Å². The molecule has 346 valence electrons. The van der Waals surface area contributed by atoms with Crippen molar-refractivity contribution >= 4 is 55.0 Å². The summed E-state index contributed by atoms with van der Waals surface area (Å²) in [5.74, 6) is 0. The van der Waals surface area contributed by atoms with E-state index in [2.05, 4.69) is 106 Å². The number of hydrogen-bond donors (Lipinski definition) is 7. The van der Waals surface area contributed by atoms with Crippen LogP contribution in [0.25, 0.3) is 32.3 Å². The molecule has 9 rings (SSSR count). The van der Waals surface area contributed by atoms with Gasteiger partial charge in [0.05, 0.1) is 0 Å². The van der Waals surface area contributed by atoms with Gasteiger partial charge in [-0.3, -0.25) is 4.98 Å². The fourth-order valence-corrected chi connectivity index (χ4v) is 7.69. The molecule has 9 nitrogen and oxygen atoms in total. The number of anilines is 2. The first-order valence-electron chi connectivity index (χ1n) is 22.7. The van der Waals surface area contributed by atoms with E-state index in [4.69, 9.17) is 40.1 Å². The summed E-state index contributed by atoms with van der Waals surface area (Å²) in [4.78, 5) is 7.54. The van der Waals surface area contributed by atoms with Gasteiger partial charge in [-0.1, -0.05) is 121 Å². The SMILES string of the molecule is CN(C)c1ccc(CN)cc1.NCCCCc1ccc2ccc3cccc4ccc1c2c34.NCCc1ccccn1.NCCc1cccs1.NCc1ccc(N)cc1.NCc1ccccc1. The molecule has 0 unspecified atom stereocenters. The van der Waals surface area contributed by atoms with E-state index in [-0.39, 0.29) is 0 Å². The predicted octanol–water partition coefficient (Wildman–Crippen LogP) is 9.78. The Bertz CT molecular complexity index is 2590. The van der Waals surface area contributed by atoms with Crippen LogP contribution < -0.4 is 45.0 Å². The fourth-order valence-electron chi connectivity index (χ4n) is 6.96. The molecule has 14 N–H and O–H groups in total. The van der Waals surface area contributed by atoms with Crippen molar-refractivity contribution in [3.8, 4) is 0 Å². The molecule has 0 saturated carbocycles. The summed E-state index contributed by atoms with van der Waals surface area (Å²) in [5.41, 5.74) is 45.9. The quantitative estimate of drug-likeness (QED) is 0.0354. The molecular weight excluding hydrogens is 831 g/mol. The number of aromatic nitrogens is 1. The molecule has 66 heavy (non-hydrogen) atoms. The minimum Gasteiger partial charge on any atom is -0.399 e. The second-order valence-electron chi connectivity index (χ2n) is 15.7. The summed E-state index contributed by atoms with van der Waals surface area (Å²) in [6.07, 6.45) is 7.07. The number of rotatable bonds is 12. The van der Waals surface area contributed by atoms with E-state index in [1.165, 1.54) is 66.0 Å². The number of nitrogens with two attached hydrogens (primary N) is 7. The topological polar surface area (TPSA) is 198 Å². The zero-order chi connectivity index (χ0) is 47.4. The van der Waals surface area contributed by atoms with Crippen LogP contribution in [0.4, 0.5) is 11.4 Å². The lowest BCUT2D eigenvalue weighted by Gasteiger charge is -2.13. The molecular formula is C56H71N9S. The number of hydrogen-bond acceptors (Lipinski definition) is 10. The third-order valence-corrected chi connectivity index (χ3v) is 11.5. The van der Waals surface area contributed by atoms with Crippen LogP contribution in [-0.4, -0.2) is 38.7 Å². The van der Waals surface area contributed by atoms with Gasteiger partial charge < -0.3 is 45.0 Å². The number of aryl methyl sites for hydroxylation is 1. The average Bonchev–Trinajstić information content (AvgIpc) is 3.89. The second kappa shape index (κ2) is 30.1. The largest absolute Gasteiger partial charge is 0.399 e. The lowest BCUT2D eigenvalue weighted by molar-refractivity contribution is 0.747. The number of unbranched alkanes of at least 4 members (excludes halogenated alkanes) is 1. The number of benzene rings is 7. The zero-order valence-corrected chi connectivity index (χ0v) is 39.7. The molecule has 0 aliphatic rings. The molecule has 2 heterocycles. The first-order chi connectivity index (χ1) is 32.2. The van der Waals surface area contributed by atoms with Crippen LogP contribution in [0.5, 0.6) is 0 Å². The van der Waals surface area contributed by atoms with E-state index in [1.807, 2.05) is 86.9 Å². The van der Waals surface area contributed by atoms with Crippen LogP contribution in [0.1, 0.15) is 45.7 Å². The van der Waals surface area contributed by atoms with Gasteiger partial charge in [0.2, 0.25) is 0 Å². The lowest BCUT2D eigenvalue weighted by Crippen LogP contribution is -2.08. The summed E-state index contributed by atoms with van der Waals surface area (Å²) < 4.78 is 0.